The predicted molar refractivity (Wildman–Crippen MR) is 53.1 cm³/mol. The fourth-order valence-corrected chi connectivity index (χ4v) is 1.43. The van der Waals surface area contributed by atoms with E-state index in [0.717, 1.165) is 12.1 Å². The molecule has 2 aromatic rings. The van der Waals surface area contributed by atoms with E-state index in [0.29, 0.717) is 5.69 Å². The second-order valence-electron chi connectivity index (χ2n) is 3.12. The van der Waals surface area contributed by atoms with Crippen molar-refractivity contribution in [2.75, 3.05) is 0 Å². The van der Waals surface area contributed by atoms with Gasteiger partial charge in [-0.3, -0.25) is 9.20 Å². The zero-order valence-electron chi connectivity index (χ0n) is 7.90. The van der Waals surface area contributed by atoms with E-state index >= 15 is 0 Å². The molecule has 0 radical (unpaired) electrons. The maximum atomic E-state index is 11.0. The van der Waals surface area contributed by atoms with Gasteiger partial charge in [0.15, 0.2) is 0 Å². The number of rotatable bonds is 2. The smallest absolute Gasteiger partial charge is 0.267 e. The van der Waals surface area contributed by atoms with Crippen LogP contribution in [0, 0.1) is 0 Å². The topological polar surface area (TPSA) is 60.4 Å². The molecule has 4 nitrogen and oxygen atoms in total. The molecule has 0 aliphatic rings. The molecular formula is C10H11N3O. The lowest BCUT2D eigenvalue weighted by Gasteiger charge is -1.99. The number of hydrogen-bond acceptors (Lipinski definition) is 2. The highest BCUT2D eigenvalue weighted by Crippen LogP contribution is 2.09. The second kappa shape index (κ2) is 3.14. The average Bonchev–Trinajstić information content (AvgIpc) is 2.59. The van der Waals surface area contributed by atoms with E-state index in [-0.39, 0.29) is 0 Å². The maximum Gasteiger partial charge on any atom is 0.267 e. The van der Waals surface area contributed by atoms with E-state index in [1.54, 1.807) is 4.40 Å². The van der Waals surface area contributed by atoms with Crippen LogP contribution in [-0.4, -0.2) is 15.3 Å². The molecule has 2 rings (SSSR count). The van der Waals surface area contributed by atoms with Crippen molar-refractivity contribution in [3.8, 4) is 0 Å². The minimum absolute atomic E-state index is 0.419. The van der Waals surface area contributed by atoms with Gasteiger partial charge in [-0.05, 0) is 24.1 Å². The van der Waals surface area contributed by atoms with Crippen molar-refractivity contribution in [1.82, 2.24) is 9.38 Å². The third-order valence-corrected chi connectivity index (χ3v) is 2.24. The van der Waals surface area contributed by atoms with Gasteiger partial charge in [0.2, 0.25) is 0 Å². The zero-order valence-corrected chi connectivity index (χ0v) is 7.90. The minimum atomic E-state index is -0.457. The summed E-state index contributed by atoms with van der Waals surface area (Å²) in [5.74, 6) is -0.457. The summed E-state index contributed by atoms with van der Waals surface area (Å²) in [5.41, 5.74) is 7.57. The van der Waals surface area contributed by atoms with Gasteiger partial charge in [0.1, 0.15) is 11.3 Å². The lowest BCUT2D eigenvalue weighted by Crippen LogP contribution is -2.13. The molecule has 14 heavy (non-hydrogen) atoms. The fourth-order valence-electron chi connectivity index (χ4n) is 1.43. The molecule has 72 valence electrons. The first-order chi connectivity index (χ1) is 6.72. The standard InChI is InChI=1S/C10H11N3O/c1-2-7-3-4-13-8(10(11)14)6-12-9(13)5-7/h3-6H,2H2,1H3,(H2,11,14). The highest BCUT2D eigenvalue weighted by atomic mass is 16.1. The van der Waals surface area contributed by atoms with Crippen molar-refractivity contribution < 1.29 is 4.79 Å². The molecule has 2 aromatic heterocycles. The van der Waals surface area contributed by atoms with Gasteiger partial charge in [-0.1, -0.05) is 6.92 Å². The summed E-state index contributed by atoms with van der Waals surface area (Å²) in [6, 6.07) is 3.91. The molecule has 2 heterocycles. The molecule has 0 aliphatic heterocycles. The van der Waals surface area contributed by atoms with E-state index in [4.69, 9.17) is 5.73 Å². The SMILES string of the molecule is CCc1ccn2c(C(N)=O)cnc2c1. The van der Waals surface area contributed by atoms with Crippen LogP contribution in [0.1, 0.15) is 23.0 Å². The minimum Gasteiger partial charge on any atom is -0.364 e. The Kier molecular flexibility index (Phi) is 1.96. The van der Waals surface area contributed by atoms with Crippen LogP contribution in [0.3, 0.4) is 0 Å². The van der Waals surface area contributed by atoms with Crippen LogP contribution in [0.4, 0.5) is 0 Å². The van der Waals surface area contributed by atoms with E-state index in [1.807, 2.05) is 18.3 Å². The normalized spacial score (nSPS) is 10.6. The lowest BCUT2D eigenvalue weighted by atomic mass is 10.2. The molecule has 1 amide bonds. The van der Waals surface area contributed by atoms with Crippen LogP contribution < -0.4 is 5.73 Å². The Labute approximate surface area is 81.4 Å². The largest absolute Gasteiger partial charge is 0.364 e. The van der Waals surface area contributed by atoms with E-state index in [9.17, 15) is 4.79 Å². The molecule has 4 heteroatoms. The van der Waals surface area contributed by atoms with E-state index in [1.165, 1.54) is 11.8 Å². The van der Waals surface area contributed by atoms with Crippen molar-refractivity contribution >= 4 is 11.6 Å². The molecule has 0 aliphatic carbocycles. The second-order valence-corrected chi connectivity index (χ2v) is 3.12. The van der Waals surface area contributed by atoms with Crippen LogP contribution in [-0.2, 0) is 6.42 Å². The van der Waals surface area contributed by atoms with Crippen molar-refractivity contribution in [1.29, 1.82) is 0 Å². The van der Waals surface area contributed by atoms with E-state index in [2.05, 4.69) is 11.9 Å². The number of primary amides is 1. The maximum absolute atomic E-state index is 11.0. The monoisotopic (exact) mass is 189 g/mol. The number of aryl methyl sites for hydroxylation is 1. The van der Waals surface area contributed by atoms with Crippen LogP contribution in [0.25, 0.3) is 5.65 Å². The number of carbonyl (C=O) groups excluding carboxylic acids is 1. The van der Waals surface area contributed by atoms with Crippen molar-refractivity contribution in [3.63, 3.8) is 0 Å². The van der Waals surface area contributed by atoms with Crippen LogP contribution >= 0.6 is 0 Å². The highest BCUT2D eigenvalue weighted by Gasteiger charge is 2.07. The summed E-state index contributed by atoms with van der Waals surface area (Å²) in [7, 11) is 0. The number of imidazole rings is 1. The number of amides is 1. The first kappa shape index (κ1) is 8.74. The third-order valence-electron chi connectivity index (χ3n) is 2.24. The number of nitrogens with two attached hydrogens (primary N) is 1. The Bertz CT molecular complexity index is 487. The molecule has 0 saturated carbocycles. The quantitative estimate of drug-likeness (QED) is 0.766. The lowest BCUT2D eigenvalue weighted by molar-refractivity contribution is 0.0995. The number of fused-ring (bicyclic) bond motifs is 1. The average molecular weight is 189 g/mol. The number of pyridine rings is 1. The van der Waals surface area contributed by atoms with Gasteiger partial charge in [-0.2, -0.15) is 0 Å². The van der Waals surface area contributed by atoms with Gasteiger partial charge in [0.25, 0.3) is 5.91 Å². The molecule has 0 saturated heterocycles. The van der Waals surface area contributed by atoms with E-state index < -0.39 is 5.91 Å². The van der Waals surface area contributed by atoms with Crippen molar-refractivity contribution in [2.45, 2.75) is 13.3 Å². The Hall–Kier alpha value is -1.84. The predicted octanol–water partition coefficient (Wildman–Crippen LogP) is 0.996. The number of carbonyl (C=O) groups is 1. The van der Waals surface area contributed by atoms with Gasteiger partial charge in [-0.25, -0.2) is 4.98 Å². The molecule has 0 fully saturated rings. The Morgan fingerprint density at radius 3 is 3.07 bits per heavy atom. The summed E-state index contributed by atoms with van der Waals surface area (Å²) in [4.78, 5) is 15.1. The molecule has 0 atom stereocenters. The molecule has 0 unspecified atom stereocenters. The summed E-state index contributed by atoms with van der Waals surface area (Å²) in [6.07, 6.45) is 4.27. The molecule has 0 spiro atoms. The summed E-state index contributed by atoms with van der Waals surface area (Å²) >= 11 is 0. The highest BCUT2D eigenvalue weighted by molar-refractivity contribution is 5.91. The molecule has 0 bridgehead atoms. The number of aromatic nitrogens is 2. The third kappa shape index (κ3) is 1.25. The first-order valence-electron chi connectivity index (χ1n) is 4.48. The number of nitrogens with zero attached hydrogens (tertiary/aromatic N) is 2. The Morgan fingerprint density at radius 2 is 2.43 bits per heavy atom. The van der Waals surface area contributed by atoms with Gasteiger partial charge >= 0.3 is 0 Å². The first-order valence-corrected chi connectivity index (χ1v) is 4.48. The Morgan fingerprint density at radius 1 is 1.64 bits per heavy atom. The van der Waals surface area contributed by atoms with Gasteiger partial charge in [-0.15, -0.1) is 0 Å². The van der Waals surface area contributed by atoms with Crippen LogP contribution in [0.2, 0.25) is 0 Å². The van der Waals surface area contributed by atoms with Crippen molar-refractivity contribution in [2.24, 2.45) is 5.73 Å². The summed E-state index contributed by atoms with van der Waals surface area (Å²) in [5, 5.41) is 0. The molecule has 0 aromatic carbocycles. The molecular weight excluding hydrogens is 178 g/mol. The Balaban J connectivity index is 2.65. The molecule has 2 N–H and O–H groups in total. The number of hydrogen-bond donors (Lipinski definition) is 1. The van der Waals surface area contributed by atoms with Crippen LogP contribution in [0.15, 0.2) is 24.5 Å². The fraction of sp³-hybridized carbons (Fsp3) is 0.200. The summed E-state index contributed by atoms with van der Waals surface area (Å²) in [6.45, 7) is 2.07. The van der Waals surface area contributed by atoms with Gasteiger partial charge < -0.3 is 5.73 Å². The summed E-state index contributed by atoms with van der Waals surface area (Å²) < 4.78 is 1.70. The van der Waals surface area contributed by atoms with Crippen LogP contribution in [0.5, 0.6) is 0 Å². The zero-order chi connectivity index (χ0) is 10.1. The van der Waals surface area contributed by atoms with Gasteiger partial charge in [0, 0.05) is 6.20 Å². The van der Waals surface area contributed by atoms with Gasteiger partial charge in [0.05, 0.1) is 6.20 Å². The van der Waals surface area contributed by atoms with Crippen molar-refractivity contribution in [3.05, 3.63) is 35.8 Å².